The van der Waals surface area contributed by atoms with Crippen molar-refractivity contribution in [1.82, 2.24) is 10.6 Å². The van der Waals surface area contributed by atoms with Gasteiger partial charge in [-0.05, 0) is 38.9 Å². The van der Waals surface area contributed by atoms with Gasteiger partial charge in [0, 0.05) is 6.54 Å². The summed E-state index contributed by atoms with van der Waals surface area (Å²) in [4.78, 5) is 12.0. The van der Waals surface area contributed by atoms with Crippen molar-refractivity contribution in [2.75, 3.05) is 13.1 Å². The molecule has 0 aromatic heterocycles. The lowest BCUT2D eigenvalue weighted by Crippen LogP contribution is -2.47. The molecule has 2 rings (SSSR count). The minimum Gasteiger partial charge on any atom is -0.345 e. The number of carbonyl (C=O) groups is 1. The van der Waals surface area contributed by atoms with Crippen molar-refractivity contribution >= 4 is 5.91 Å². The Morgan fingerprint density at radius 1 is 1.53 bits per heavy atom. The molecular weight excluding hydrogens is 219 g/mol. The van der Waals surface area contributed by atoms with E-state index in [9.17, 15) is 9.18 Å². The lowest BCUT2D eigenvalue weighted by atomic mass is 10.0. The highest BCUT2D eigenvalue weighted by Crippen LogP contribution is 2.16. The van der Waals surface area contributed by atoms with Crippen LogP contribution in [-0.4, -0.2) is 24.5 Å². The molecule has 0 saturated carbocycles. The zero-order valence-corrected chi connectivity index (χ0v) is 10.1. The standard InChI is InChI=1S/C13H17FN2O/c1-9-3-4-11(14)10(7-9)12(17)16-13(2)5-6-15-8-13/h3-4,7,15H,5-6,8H2,1-2H3,(H,16,17). The van der Waals surface area contributed by atoms with Gasteiger partial charge in [0.05, 0.1) is 11.1 Å². The lowest BCUT2D eigenvalue weighted by molar-refractivity contribution is 0.0909. The van der Waals surface area contributed by atoms with Crippen LogP contribution in [0.1, 0.15) is 29.3 Å². The molecule has 1 unspecified atom stereocenters. The number of halogens is 1. The maximum atomic E-state index is 13.5. The average molecular weight is 236 g/mol. The van der Waals surface area contributed by atoms with Crippen LogP contribution in [0.4, 0.5) is 4.39 Å². The van der Waals surface area contributed by atoms with Crippen molar-refractivity contribution in [2.24, 2.45) is 0 Å². The maximum Gasteiger partial charge on any atom is 0.254 e. The number of rotatable bonds is 2. The fourth-order valence-electron chi connectivity index (χ4n) is 2.08. The fraction of sp³-hybridized carbons (Fsp3) is 0.462. The molecule has 0 spiro atoms. The molecule has 2 N–H and O–H groups in total. The van der Waals surface area contributed by atoms with Gasteiger partial charge in [0.2, 0.25) is 0 Å². The predicted octanol–water partition coefficient (Wildman–Crippen LogP) is 1.62. The number of hydrogen-bond acceptors (Lipinski definition) is 2. The van der Waals surface area contributed by atoms with E-state index in [0.717, 1.165) is 25.1 Å². The van der Waals surface area contributed by atoms with Crippen molar-refractivity contribution in [2.45, 2.75) is 25.8 Å². The van der Waals surface area contributed by atoms with Crippen LogP contribution in [0.25, 0.3) is 0 Å². The first-order valence-corrected chi connectivity index (χ1v) is 5.80. The highest BCUT2D eigenvalue weighted by atomic mass is 19.1. The van der Waals surface area contributed by atoms with Gasteiger partial charge in [0.15, 0.2) is 0 Å². The van der Waals surface area contributed by atoms with Crippen LogP contribution >= 0.6 is 0 Å². The Balaban J connectivity index is 2.17. The molecule has 1 saturated heterocycles. The molecule has 17 heavy (non-hydrogen) atoms. The van der Waals surface area contributed by atoms with Gasteiger partial charge in [0.1, 0.15) is 5.82 Å². The summed E-state index contributed by atoms with van der Waals surface area (Å²) in [5.41, 5.74) is 0.733. The zero-order chi connectivity index (χ0) is 12.5. The number of nitrogens with one attached hydrogen (secondary N) is 2. The largest absolute Gasteiger partial charge is 0.345 e. The van der Waals surface area contributed by atoms with Gasteiger partial charge >= 0.3 is 0 Å². The van der Waals surface area contributed by atoms with E-state index in [-0.39, 0.29) is 17.0 Å². The van der Waals surface area contributed by atoms with Crippen LogP contribution in [0.2, 0.25) is 0 Å². The third-order valence-corrected chi connectivity index (χ3v) is 3.15. The van der Waals surface area contributed by atoms with E-state index in [1.165, 1.54) is 6.07 Å². The van der Waals surface area contributed by atoms with Crippen molar-refractivity contribution < 1.29 is 9.18 Å². The summed E-state index contributed by atoms with van der Waals surface area (Å²) in [5, 5.41) is 6.09. The summed E-state index contributed by atoms with van der Waals surface area (Å²) in [6.07, 6.45) is 0.867. The Hall–Kier alpha value is -1.42. The third kappa shape index (κ3) is 2.64. The molecule has 0 bridgehead atoms. The van der Waals surface area contributed by atoms with E-state index in [0.29, 0.717) is 0 Å². The highest BCUT2D eigenvalue weighted by Gasteiger charge is 2.30. The van der Waals surface area contributed by atoms with Gasteiger partial charge in [-0.25, -0.2) is 4.39 Å². The minimum absolute atomic E-state index is 0.123. The quantitative estimate of drug-likeness (QED) is 0.819. The molecule has 3 nitrogen and oxygen atoms in total. The summed E-state index contributed by atoms with van der Waals surface area (Å²) in [5.74, 6) is -0.806. The second-order valence-corrected chi connectivity index (χ2v) is 4.92. The molecule has 0 radical (unpaired) electrons. The van der Waals surface area contributed by atoms with E-state index in [1.807, 2.05) is 13.8 Å². The summed E-state index contributed by atoms with van der Waals surface area (Å²) < 4.78 is 13.5. The van der Waals surface area contributed by atoms with Gasteiger partial charge < -0.3 is 10.6 Å². The zero-order valence-electron chi connectivity index (χ0n) is 10.1. The molecule has 1 heterocycles. The summed E-state index contributed by atoms with van der Waals surface area (Å²) >= 11 is 0. The molecule has 1 atom stereocenters. The molecule has 1 aliphatic rings. The van der Waals surface area contributed by atoms with Gasteiger partial charge in [-0.3, -0.25) is 4.79 Å². The minimum atomic E-state index is -0.470. The van der Waals surface area contributed by atoms with Crippen LogP contribution < -0.4 is 10.6 Å². The van der Waals surface area contributed by atoms with E-state index in [1.54, 1.807) is 12.1 Å². The van der Waals surface area contributed by atoms with Gasteiger partial charge in [-0.1, -0.05) is 11.6 Å². The Bertz CT molecular complexity index is 439. The third-order valence-electron chi connectivity index (χ3n) is 3.15. The fourth-order valence-corrected chi connectivity index (χ4v) is 2.08. The molecule has 1 fully saturated rings. The topological polar surface area (TPSA) is 41.1 Å². The molecule has 0 aliphatic carbocycles. The van der Waals surface area contributed by atoms with Gasteiger partial charge in [-0.2, -0.15) is 0 Å². The van der Waals surface area contributed by atoms with Crippen molar-refractivity contribution in [3.8, 4) is 0 Å². The second kappa shape index (κ2) is 4.45. The molecular formula is C13H17FN2O. The van der Waals surface area contributed by atoms with Crippen LogP contribution in [0, 0.1) is 12.7 Å². The smallest absolute Gasteiger partial charge is 0.254 e. The Morgan fingerprint density at radius 3 is 2.94 bits per heavy atom. The number of hydrogen-bond donors (Lipinski definition) is 2. The molecule has 1 amide bonds. The normalized spacial score (nSPS) is 23.7. The molecule has 92 valence electrons. The first-order chi connectivity index (χ1) is 8.00. The van der Waals surface area contributed by atoms with E-state index < -0.39 is 5.82 Å². The highest BCUT2D eigenvalue weighted by molar-refractivity contribution is 5.95. The van der Waals surface area contributed by atoms with Crippen LogP contribution in [0.5, 0.6) is 0 Å². The van der Waals surface area contributed by atoms with Crippen LogP contribution in [0.3, 0.4) is 0 Å². The van der Waals surface area contributed by atoms with Gasteiger partial charge in [0.25, 0.3) is 5.91 Å². The predicted molar refractivity (Wildman–Crippen MR) is 64.5 cm³/mol. The first-order valence-electron chi connectivity index (χ1n) is 5.80. The Kier molecular flexibility index (Phi) is 3.15. The molecule has 1 aromatic carbocycles. The number of aryl methyl sites for hydroxylation is 1. The summed E-state index contributed by atoms with van der Waals surface area (Å²) in [6.45, 7) is 5.42. The summed E-state index contributed by atoms with van der Waals surface area (Å²) in [6, 6.07) is 4.57. The number of carbonyl (C=O) groups excluding carboxylic acids is 1. The van der Waals surface area contributed by atoms with Crippen molar-refractivity contribution in [1.29, 1.82) is 0 Å². The van der Waals surface area contributed by atoms with Gasteiger partial charge in [-0.15, -0.1) is 0 Å². The number of benzene rings is 1. The van der Waals surface area contributed by atoms with Crippen molar-refractivity contribution in [3.63, 3.8) is 0 Å². The molecule has 1 aromatic rings. The SMILES string of the molecule is Cc1ccc(F)c(C(=O)NC2(C)CCNC2)c1. The van der Waals surface area contributed by atoms with E-state index in [4.69, 9.17) is 0 Å². The Morgan fingerprint density at radius 2 is 2.29 bits per heavy atom. The van der Waals surface area contributed by atoms with E-state index >= 15 is 0 Å². The second-order valence-electron chi connectivity index (χ2n) is 4.92. The summed E-state index contributed by atoms with van der Waals surface area (Å²) in [7, 11) is 0. The Labute approximate surface area is 100 Å². The lowest BCUT2D eigenvalue weighted by Gasteiger charge is -2.24. The molecule has 1 aliphatic heterocycles. The number of amides is 1. The average Bonchev–Trinajstić information content (AvgIpc) is 2.68. The van der Waals surface area contributed by atoms with Crippen LogP contribution in [-0.2, 0) is 0 Å². The molecule has 4 heteroatoms. The van der Waals surface area contributed by atoms with Crippen molar-refractivity contribution in [3.05, 3.63) is 35.1 Å². The van der Waals surface area contributed by atoms with Crippen LogP contribution in [0.15, 0.2) is 18.2 Å². The van der Waals surface area contributed by atoms with E-state index in [2.05, 4.69) is 10.6 Å². The first kappa shape index (κ1) is 12.0. The monoisotopic (exact) mass is 236 g/mol. The maximum absolute atomic E-state index is 13.5.